The van der Waals surface area contributed by atoms with E-state index in [-0.39, 0.29) is 42.8 Å². The number of alkyl halides is 3. The molecule has 9 heteroatoms. The Labute approximate surface area is 225 Å². The Morgan fingerprint density at radius 2 is 1.72 bits per heavy atom. The molecular weight excluding hydrogens is 507 g/mol. The molecule has 0 spiro atoms. The van der Waals surface area contributed by atoms with E-state index in [0.717, 1.165) is 33.2 Å². The van der Waals surface area contributed by atoms with E-state index in [1.807, 2.05) is 44.2 Å². The van der Waals surface area contributed by atoms with Gasteiger partial charge in [0.2, 0.25) is 11.8 Å². The molecule has 0 fully saturated rings. The molecule has 1 aliphatic rings. The highest BCUT2D eigenvalue weighted by Crippen LogP contribution is 2.45. The second-order valence-corrected chi connectivity index (χ2v) is 10.1. The van der Waals surface area contributed by atoms with Crippen molar-refractivity contribution in [3.63, 3.8) is 0 Å². The summed E-state index contributed by atoms with van der Waals surface area (Å²) in [6, 6.07) is 13.3. The molecule has 6 nitrogen and oxygen atoms in total. The standard InChI is InChI=1S/C30H32F3N3O3/c1-17-11-22(38)12-18(2)23(17)16-26(34)29(39)35-27-9-10-36(19(3)37)28-24(27)14-21(15-25(28)30(31,32)33)13-20-7-5-4-6-8-20/h4-8,11-12,14-15,26-27,38H,9-10,13,16,34H2,1-3H3,(H,35,39)/t26-,27+/m0/s1. The van der Waals surface area contributed by atoms with Crippen LogP contribution in [0.25, 0.3) is 0 Å². The first-order valence-electron chi connectivity index (χ1n) is 12.8. The molecule has 3 aromatic rings. The zero-order valence-electron chi connectivity index (χ0n) is 22.1. The number of rotatable bonds is 6. The van der Waals surface area contributed by atoms with Crippen LogP contribution in [0.1, 0.15) is 58.3 Å². The van der Waals surface area contributed by atoms with Crippen molar-refractivity contribution in [3.8, 4) is 5.75 Å². The molecule has 0 saturated heterocycles. The summed E-state index contributed by atoms with van der Waals surface area (Å²) >= 11 is 0. The molecule has 1 heterocycles. The molecule has 0 radical (unpaired) electrons. The number of nitrogens with one attached hydrogen (secondary N) is 1. The van der Waals surface area contributed by atoms with Gasteiger partial charge in [-0.2, -0.15) is 13.2 Å². The zero-order chi connectivity index (χ0) is 28.5. The molecule has 4 rings (SSSR count). The smallest absolute Gasteiger partial charge is 0.418 e. The summed E-state index contributed by atoms with van der Waals surface area (Å²) in [6.45, 7) is 4.89. The second kappa shape index (κ2) is 11.1. The Bertz CT molecular complexity index is 1370. The average molecular weight is 540 g/mol. The van der Waals surface area contributed by atoms with Gasteiger partial charge in [-0.1, -0.05) is 36.4 Å². The first kappa shape index (κ1) is 28.2. The minimum Gasteiger partial charge on any atom is -0.508 e. The Kier molecular flexibility index (Phi) is 8.02. The fraction of sp³-hybridized carbons (Fsp3) is 0.333. The van der Waals surface area contributed by atoms with Gasteiger partial charge in [0, 0.05) is 13.5 Å². The third kappa shape index (κ3) is 6.25. The molecule has 0 unspecified atom stereocenters. The Morgan fingerprint density at radius 3 is 2.31 bits per heavy atom. The highest BCUT2D eigenvalue weighted by Gasteiger charge is 2.41. The summed E-state index contributed by atoms with van der Waals surface area (Å²) in [6.07, 6.45) is -4.00. The predicted octanol–water partition coefficient (Wildman–Crippen LogP) is 5.10. The van der Waals surface area contributed by atoms with E-state index in [9.17, 15) is 27.9 Å². The third-order valence-electron chi connectivity index (χ3n) is 7.18. The highest BCUT2D eigenvalue weighted by molar-refractivity contribution is 5.94. The van der Waals surface area contributed by atoms with Crippen LogP contribution in [0.3, 0.4) is 0 Å². The number of nitrogens with two attached hydrogens (primary N) is 1. The first-order valence-corrected chi connectivity index (χ1v) is 12.8. The Balaban J connectivity index is 1.70. The maximum absolute atomic E-state index is 14.3. The van der Waals surface area contributed by atoms with Crippen molar-refractivity contribution in [2.45, 2.75) is 58.3 Å². The summed E-state index contributed by atoms with van der Waals surface area (Å²) in [5.74, 6) is -0.888. The molecule has 206 valence electrons. The number of halogens is 3. The van der Waals surface area contributed by atoms with Crippen LogP contribution in [-0.2, 0) is 28.6 Å². The van der Waals surface area contributed by atoms with E-state index in [0.29, 0.717) is 5.56 Å². The minimum atomic E-state index is -4.71. The Morgan fingerprint density at radius 1 is 1.08 bits per heavy atom. The number of aromatic hydroxyl groups is 1. The summed E-state index contributed by atoms with van der Waals surface area (Å²) in [7, 11) is 0. The van der Waals surface area contributed by atoms with Crippen LogP contribution in [-0.4, -0.2) is 29.5 Å². The second-order valence-electron chi connectivity index (χ2n) is 10.1. The number of aryl methyl sites for hydroxylation is 2. The van der Waals surface area contributed by atoms with Crippen LogP contribution >= 0.6 is 0 Å². The molecule has 0 aromatic heterocycles. The number of carbonyl (C=O) groups excluding carboxylic acids is 2. The molecule has 2 atom stereocenters. The number of anilines is 1. The lowest BCUT2D eigenvalue weighted by molar-refractivity contribution is -0.137. The van der Waals surface area contributed by atoms with Crippen LogP contribution in [0.15, 0.2) is 54.6 Å². The van der Waals surface area contributed by atoms with Crippen LogP contribution in [0.4, 0.5) is 18.9 Å². The zero-order valence-corrected chi connectivity index (χ0v) is 22.1. The molecule has 0 bridgehead atoms. The number of fused-ring (bicyclic) bond motifs is 1. The van der Waals surface area contributed by atoms with Gasteiger partial charge in [-0.25, -0.2) is 0 Å². The monoisotopic (exact) mass is 539 g/mol. The lowest BCUT2D eigenvalue weighted by atomic mass is 9.88. The van der Waals surface area contributed by atoms with Crippen LogP contribution in [0.5, 0.6) is 5.75 Å². The molecule has 39 heavy (non-hydrogen) atoms. The number of nitrogens with zero attached hydrogens (tertiary/aromatic N) is 1. The molecule has 0 saturated carbocycles. The fourth-order valence-electron chi connectivity index (χ4n) is 5.31. The first-order chi connectivity index (χ1) is 18.3. The van der Waals surface area contributed by atoms with Gasteiger partial charge >= 0.3 is 6.18 Å². The predicted molar refractivity (Wildman–Crippen MR) is 143 cm³/mol. The number of hydrogen-bond acceptors (Lipinski definition) is 4. The molecule has 4 N–H and O–H groups in total. The highest BCUT2D eigenvalue weighted by atomic mass is 19.4. The molecule has 1 aliphatic heterocycles. The van der Waals surface area contributed by atoms with E-state index in [1.165, 1.54) is 6.92 Å². The number of benzene rings is 3. The van der Waals surface area contributed by atoms with Crippen molar-refractivity contribution in [1.29, 1.82) is 0 Å². The van der Waals surface area contributed by atoms with Crippen LogP contribution in [0.2, 0.25) is 0 Å². The van der Waals surface area contributed by atoms with Crippen molar-refractivity contribution in [1.82, 2.24) is 5.32 Å². The number of phenolic OH excluding ortho intramolecular Hbond substituents is 1. The molecule has 2 amide bonds. The summed E-state index contributed by atoms with van der Waals surface area (Å²) in [4.78, 5) is 26.7. The van der Waals surface area contributed by atoms with Gasteiger partial charge < -0.3 is 21.1 Å². The van der Waals surface area contributed by atoms with Crippen molar-refractivity contribution < 1.29 is 27.9 Å². The Hall–Kier alpha value is -3.85. The maximum Gasteiger partial charge on any atom is 0.418 e. The largest absolute Gasteiger partial charge is 0.508 e. The molecule has 3 aromatic carbocycles. The lowest BCUT2D eigenvalue weighted by Gasteiger charge is -2.37. The van der Waals surface area contributed by atoms with Gasteiger partial charge in [-0.15, -0.1) is 0 Å². The lowest BCUT2D eigenvalue weighted by Crippen LogP contribution is -2.47. The van der Waals surface area contributed by atoms with E-state index >= 15 is 0 Å². The average Bonchev–Trinajstić information content (AvgIpc) is 2.85. The van der Waals surface area contributed by atoms with Crippen molar-refractivity contribution in [3.05, 3.63) is 93.5 Å². The van der Waals surface area contributed by atoms with Gasteiger partial charge in [-0.3, -0.25) is 9.59 Å². The number of phenols is 1. The number of hydrogen-bond donors (Lipinski definition) is 3. The summed E-state index contributed by atoms with van der Waals surface area (Å²) in [5.41, 5.74) is 9.04. The van der Waals surface area contributed by atoms with Crippen LogP contribution in [0, 0.1) is 13.8 Å². The SMILES string of the molecule is CC(=O)N1CC[C@@H](NC(=O)[C@@H](N)Cc2c(C)cc(O)cc2C)c2cc(Cc3ccccc3)cc(C(F)(F)F)c21. The minimum absolute atomic E-state index is 0.0276. The summed E-state index contributed by atoms with van der Waals surface area (Å²) < 4.78 is 43.0. The maximum atomic E-state index is 14.3. The number of carbonyl (C=O) groups is 2. The number of amides is 2. The van der Waals surface area contributed by atoms with Gasteiger partial charge in [0.05, 0.1) is 23.3 Å². The van der Waals surface area contributed by atoms with Gasteiger partial charge in [-0.05, 0) is 84.7 Å². The molecular formula is C30H32F3N3O3. The van der Waals surface area contributed by atoms with E-state index in [1.54, 1.807) is 18.2 Å². The van der Waals surface area contributed by atoms with Crippen molar-refractivity contribution in [2.24, 2.45) is 5.73 Å². The van der Waals surface area contributed by atoms with Crippen molar-refractivity contribution >= 4 is 17.5 Å². The van der Waals surface area contributed by atoms with Crippen molar-refractivity contribution in [2.75, 3.05) is 11.4 Å². The quantitative estimate of drug-likeness (QED) is 0.406. The van der Waals surface area contributed by atoms with E-state index in [2.05, 4.69) is 5.32 Å². The van der Waals surface area contributed by atoms with Gasteiger partial charge in [0.25, 0.3) is 0 Å². The summed E-state index contributed by atoms with van der Waals surface area (Å²) in [5, 5.41) is 12.7. The normalized spacial score (nSPS) is 16.0. The van der Waals surface area contributed by atoms with E-state index < -0.39 is 35.6 Å². The third-order valence-corrected chi connectivity index (χ3v) is 7.18. The van der Waals surface area contributed by atoms with Crippen LogP contribution < -0.4 is 16.0 Å². The van der Waals surface area contributed by atoms with Gasteiger partial charge in [0.1, 0.15) is 5.75 Å². The molecule has 0 aliphatic carbocycles. The van der Waals surface area contributed by atoms with E-state index in [4.69, 9.17) is 5.73 Å². The topological polar surface area (TPSA) is 95.7 Å². The fourth-order valence-corrected chi connectivity index (χ4v) is 5.31. The van der Waals surface area contributed by atoms with Gasteiger partial charge in [0.15, 0.2) is 0 Å².